The van der Waals surface area contributed by atoms with Crippen LogP contribution in [0.2, 0.25) is 0 Å². The van der Waals surface area contributed by atoms with Gasteiger partial charge in [-0.1, -0.05) is 13.8 Å². The molecule has 116 valence electrons. The molecule has 0 saturated carbocycles. The van der Waals surface area contributed by atoms with Gasteiger partial charge in [-0.3, -0.25) is 4.99 Å². The number of hydrogen-bond donors (Lipinski definition) is 1. The molecule has 2 saturated heterocycles. The van der Waals surface area contributed by atoms with Crippen molar-refractivity contribution in [1.82, 2.24) is 10.2 Å². The van der Waals surface area contributed by atoms with E-state index in [1.54, 1.807) is 7.05 Å². The van der Waals surface area contributed by atoms with Crippen molar-refractivity contribution in [2.75, 3.05) is 38.2 Å². The molecule has 0 spiro atoms. The number of rotatable bonds is 2. The van der Waals surface area contributed by atoms with Crippen LogP contribution in [0.15, 0.2) is 4.99 Å². The van der Waals surface area contributed by atoms with Crippen LogP contribution >= 0.6 is 0 Å². The van der Waals surface area contributed by atoms with Gasteiger partial charge in [0.25, 0.3) is 0 Å². The second kappa shape index (κ2) is 6.33. The van der Waals surface area contributed by atoms with Gasteiger partial charge in [0, 0.05) is 26.7 Å². The van der Waals surface area contributed by atoms with E-state index in [1.807, 2.05) is 0 Å². The summed E-state index contributed by atoms with van der Waals surface area (Å²) in [6.07, 6.45) is 2.05. The summed E-state index contributed by atoms with van der Waals surface area (Å²) in [6.45, 7) is 7.34. The fourth-order valence-corrected chi connectivity index (χ4v) is 5.30. The number of aliphatic imine (C=N–C) groups is 1. The molecular formula is C14H27N3O2S. The standard InChI is InChI=1S/C14H27N3O2S/c1-11-6-12(2)9-17(8-11)14(15-3)16-7-13-4-5-20(18,19)10-13/h11-13H,4-10H2,1-3H3,(H,15,16). The molecule has 0 amide bonds. The lowest BCUT2D eigenvalue weighted by molar-refractivity contribution is 0.208. The Morgan fingerprint density at radius 3 is 2.45 bits per heavy atom. The fraction of sp³-hybridized carbons (Fsp3) is 0.929. The van der Waals surface area contributed by atoms with Crippen molar-refractivity contribution in [3.63, 3.8) is 0 Å². The van der Waals surface area contributed by atoms with Gasteiger partial charge in [-0.05, 0) is 30.6 Å². The first-order chi connectivity index (χ1) is 9.39. The molecule has 6 heteroatoms. The Balaban J connectivity index is 1.87. The molecule has 0 radical (unpaired) electrons. The smallest absolute Gasteiger partial charge is 0.193 e. The van der Waals surface area contributed by atoms with E-state index >= 15 is 0 Å². The van der Waals surface area contributed by atoms with Crippen molar-refractivity contribution in [1.29, 1.82) is 0 Å². The Morgan fingerprint density at radius 2 is 1.95 bits per heavy atom. The molecule has 3 atom stereocenters. The minimum atomic E-state index is -2.79. The van der Waals surface area contributed by atoms with E-state index in [1.165, 1.54) is 6.42 Å². The second-order valence-corrected chi connectivity index (χ2v) is 8.78. The fourth-order valence-electron chi connectivity index (χ4n) is 3.44. The lowest BCUT2D eigenvalue weighted by Gasteiger charge is -2.37. The maximum absolute atomic E-state index is 11.5. The Morgan fingerprint density at radius 1 is 1.30 bits per heavy atom. The summed E-state index contributed by atoms with van der Waals surface area (Å²) in [5, 5.41) is 3.37. The third-order valence-electron chi connectivity index (χ3n) is 4.26. The zero-order valence-electron chi connectivity index (χ0n) is 12.8. The summed E-state index contributed by atoms with van der Waals surface area (Å²) < 4.78 is 22.9. The molecule has 2 aliphatic heterocycles. The Kier molecular flexibility index (Phi) is 4.94. The lowest BCUT2D eigenvalue weighted by Crippen LogP contribution is -2.49. The number of nitrogens with zero attached hydrogens (tertiary/aromatic N) is 2. The molecule has 0 bridgehead atoms. The predicted octanol–water partition coefficient (Wildman–Crippen LogP) is 0.974. The number of guanidine groups is 1. The molecule has 3 unspecified atom stereocenters. The minimum Gasteiger partial charge on any atom is -0.356 e. The highest BCUT2D eigenvalue weighted by molar-refractivity contribution is 7.91. The van der Waals surface area contributed by atoms with Gasteiger partial charge in [0.2, 0.25) is 0 Å². The van der Waals surface area contributed by atoms with Crippen LogP contribution in [-0.2, 0) is 9.84 Å². The summed E-state index contributed by atoms with van der Waals surface area (Å²) in [7, 11) is -0.983. The largest absolute Gasteiger partial charge is 0.356 e. The number of hydrogen-bond acceptors (Lipinski definition) is 3. The highest BCUT2D eigenvalue weighted by atomic mass is 32.2. The number of sulfone groups is 1. The van der Waals surface area contributed by atoms with E-state index in [-0.39, 0.29) is 5.92 Å². The van der Waals surface area contributed by atoms with Crippen LogP contribution in [-0.4, -0.2) is 57.5 Å². The van der Waals surface area contributed by atoms with Gasteiger partial charge >= 0.3 is 0 Å². The molecule has 0 aromatic heterocycles. The first-order valence-corrected chi connectivity index (χ1v) is 9.37. The Bertz CT molecular complexity index is 451. The van der Waals surface area contributed by atoms with Gasteiger partial charge in [0.05, 0.1) is 11.5 Å². The summed E-state index contributed by atoms with van der Waals surface area (Å²) >= 11 is 0. The van der Waals surface area contributed by atoms with Gasteiger partial charge < -0.3 is 10.2 Å². The highest BCUT2D eigenvalue weighted by Crippen LogP contribution is 2.21. The first kappa shape index (κ1) is 15.6. The van der Waals surface area contributed by atoms with Gasteiger partial charge in [0.1, 0.15) is 0 Å². The summed E-state index contributed by atoms with van der Waals surface area (Å²) in [4.78, 5) is 6.67. The van der Waals surface area contributed by atoms with Crippen LogP contribution in [0.25, 0.3) is 0 Å². The zero-order chi connectivity index (χ0) is 14.8. The molecule has 2 heterocycles. The monoisotopic (exact) mass is 301 g/mol. The Labute approximate surface area is 122 Å². The van der Waals surface area contributed by atoms with Crippen LogP contribution in [0, 0.1) is 17.8 Å². The molecule has 0 aromatic carbocycles. The van der Waals surface area contributed by atoms with Crippen molar-refractivity contribution >= 4 is 15.8 Å². The quantitative estimate of drug-likeness (QED) is 0.610. The summed E-state index contributed by atoms with van der Waals surface area (Å²) in [6, 6.07) is 0. The van der Waals surface area contributed by atoms with Crippen LogP contribution in [0.3, 0.4) is 0 Å². The van der Waals surface area contributed by atoms with Crippen LogP contribution in [0.1, 0.15) is 26.7 Å². The van der Waals surface area contributed by atoms with Gasteiger partial charge in [-0.15, -0.1) is 0 Å². The second-order valence-electron chi connectivity index (χ2n) is 6.55. The molecule has 2 aliphatic rings. The average Bonchev–Trinajstić information content (AvgIpc) is 2.68. The van der Waals surface area contributed by atoms with Crippen molar-refractivity contribution < 1.29 is 8.42 Å². The van der Waals surface area contributed by atoms with Gasteiger partial charge in [-0.25, -0.2) is 8.42 Å². The molecular weight excluding hydrogens is 274 g/mol. The van der Waals surface area contributed by atoms with E-state index in [0.29, 0.717) is 29.9 Å². The molecule has 2 fully saturated rings. The molecule has 1 N–H and O–H groups in total. The van der Waals surface area contributed by atoms with Gasteiger partial charge in [-0.2, -0.15) is 0 Å². The highest BCUT2D eigenvalue weighted by Gasteiger charge is 2.29. The number of nitrogens with one attached hydrogen (secondary N) is 1. The van der Waals surface area contributed by atoms with E-state index in [9.17, 15) is 8.42 Å². The van der Waals surface area contributed by atoms with Gasteiger partial charge in [0.15, 0.2) is 15.8 Å². The van der Waals surface area contributed by atoms with E-state index < -0.39 is 9.84 Å². The maximum atomic E-state index is 11.5. The molecule has 20 heavy (non-hydrogen) atoms. The number of likely N-dealkylation sites (tertiary alicyclic amines) is 1. The van der Waals surface area contributed by atoms with Crippen molar-refractivity contribution in [2.45, 2.75) is 26.7 Å². The first-order valence-electron chi connectivity index (χ1n) is 7.55. The minimum absolute atomic E-state index is 0.233. The number of piperidine rings is 1. The van der Waals surface area contributed by atoms with E-state index in [2.05, 4.69) is 29.1 Å². The zero-order valence-corrected chi connectivity index (χ0v) is 13.6. The van der Waals surface area contributed by atoms with E-state index in [4.69, 9.17) is 0 Å². The van der Waals surface area contributed by atoms with Crippen LogP contribution in [0.5, 0.6) is 0 Å². The molecule has 0 aromatic rings. The lowest BCUT2D eigenvalue weighted by atomic mass is 9.92. The SMILES string of the molecule is CN=C(NCC1CCS(=O)(=O)C1)N1CC(C)CC(C)C1. The molecule has 2 rings (SSSR count). The molecule has 5 nitrogen and oxygen atoms in total. The Hall–Kier alpha value is -0.780. The third-order valence-corrected chi connectivity index (χ3v) is 6.09. The van der Waals surface area contributed by atoms with Crippen molar-refractivity contribution in [3.05, 3.63) is 0 Å². The average molecular weight is 301 g/mol. The summed E-state index contributed by atoms with van der Waals surface area (Å²) in [5.41, 5.74) is 0. The van der Waals surface area contributed by atoms with Crippen LogP contribution < -0.4 is 5.32 Å². The van der Waals surface area contributed by atoms with Crippen molar-refractivity contribution in [2.24, 2.45) is 22.7 Å². The normalized spacial score (nSPS) is 34.2. The third kappa shape index (κ3) is 4.11. The molecule has 0 aliphatic carbocycles. The maximum Gasteiger partial charge on any atom is 0.193 e. The van der Waals surface area contributed by atoms with Crippen molar-refractivity contribution in [3.8, 4) is 0 Å². The summed E-state index contributed by atoms with van der Waals surface area (Å²) in [5.74, 6) is 3.19. The van der Waals surface area contributed by atoms with E-state index in [0.717, 1.165) is 25.5 Å². The van der Waals surface area contributed by atoms with Crippen LogP contribution in [0.4, 0.5) is 0 Å². The topological polar surface area (TPSA) is 61.8 Å². The predicted molar refractivity (Wildman–Crippen MR) is 82.6 cm³/mol.